The summed E-state index contributed by atoms with van der Waals surface area (Å²) in [6.45, 7) is 5.76. The Hall–Kier alpha value is -1.91. The number of benzene rings is 1. The van der Waals surface area contributed by atoms with Crippen LogP contribution in [0, 0.1) is 5.92 Å². The van der Waals surface area contributed by atoms with Crippen molar-refractivity contribution >= 4 is 5.96 Å². The van der Waals surface area contributed by atoms with E-state index in [0.29, 0.717) is 29.9 Å². The largest absolute Gasteiger partial charge is 0.493 e. The molecular weight excluding hydrogens is 266 g/mol. The SMILES string of the molecule is CCC(CC)CNC(N)=NCc1ccc(OC)c(OC)c1. The normalized spacial score (nSPS) is 11.6. The van der Waals surface area contributed by atoms with Crippen LogP contribution in [0.3, 0.4) is 0 Å². The van der Waals surface area contributed by atoms with Gasteiger partial charge in [-0.3, -0.25) is 0 Å². The van der Waals surface area contributed by atoms with Crippen molar-refractivity contribution in [2.75, 3.05) is 20.8 Å². The number of rotatable bonds is 8. The Morgan fingerprint density at radius 3 is 2.43 bits per heavy atom. The van der Waals surface area contributed by atoms with Gasteiger partial charge in [-0.05, 0) is 23.6 Å². The van der Waals surface area contributed by atoms with Crippen LogP contribution in [0.1, 0.15) is 32.3 Å². The molecule has 0 fully saturated rings. The number of nitrogens with zero attached hydrogens (tertiary/aromatic N) is 1. The standard InChI is InChI=1S/C16H27N3O2/c1-5-12(6-2)10-18-16(17)19-11-13-7-8-14(20-3)15(9-13)21-4/h7-9,12H,5-6,10-11H2,1-4H3,(H3,17,18,19). The highest BCUT2D eigenvalue weighted by Gasteiger charge is 2.05. The molecule has 5 heteroatoms. The fraction of sp³-hybridized carbons (Fsp3) is 0.562. The van der Waals surface area contributed by atoms with E-state index in [1.165, 1.54) is 0 Å². The van der Waals surface area contributed by atoms with Crippen LogP contribution in [0.4, 0.5) is 0 Å². The van der Waals surface area contributed by atoms with Gasteiger partial charge < -0.3 is 20.5 Å². The van der Waals surface area contributed by atoms with Gasteiger partial charge in [0.1, 0.15) is 0 Å². The van der Waals surface area contributed by atoms with E-state index in [-0.39, 0.29) is 0 Å². The third-order valence-corrected chi connectivity index (χ3v) is 3.61. The number of methoxy groups -OCH3 is 2. The molecule has 1 rings (SSSR count). The minimum Gasteiger partial charge on any atom is -0.493 e. The molecule has 0 aliphatic carbocycles. The zero-order valence-electron chi connectivity index (χ0n) is 13.5. The molecule has 1 aromatic carbocycles. The molecule has 0 aromatic heterocycles. The molecule has 0 atom stereocenters. The van der Waals surface area contributed by atoms with Gasteiger partial charge in [-0.1, -0.05) is 32.8 Å². The van der Waals surface area contributed by atoms with E-state index in [2.05, 4.69) is 24.2 Å². The van der Waals surface area contributed by atoms with Crippen LogP contribution in [0.25, 0.3) is 0 Å². The van der Waals surface area contributed by atoms with Crippen molar-refractivity contribution in [3.63, 3.8) is 0 Å². The number of nitrogens with two attached hydrogens (primary N) is 1. The minimum absolute atomic E-state index is 0.483. The summed E-state index contributed by atoms with van der Waals surface area (Å²) >= 11 is 0. The Labute approximate surface area is 127 Å². The summed E-state index contributed by atoms with van der Waals surface area (Å²) in [5.41, 5.74) is 6.92. The summed E-state index contributed by atoms with van der Waals surface area (Å²) in [6.07, 6.45) is 2.29. The van der Waals surface area contributed by atoms with Gasteiger partial charge >= 0.3 is 0 Å². The maximum atomic E-state index is 5.89. The van der Waals surface area contributed by atoms with Crippen LogP contribution in [0.15, 0.2) is 23.2 Å². The molecule has 0 amide bonds. The number of guanidine groups is 1. The molecular formula is C16H27N3O2. The lowest BCUT2D eigenvalue weighted by Gasteiger charge is -2.13. The molecule has 0 aliphatic rings. The Bertz CT molecular complexity index is 457. The predicted molar refractivity (Wildman–Crippen MR) is 86.9 cm³/mol. The second-order valence-corrected chi connectivity index (χ2v) is 4.95. The lowest BCUT2D eigenvalue weighted by Crippen LogP contribution is -2.35. The fourth-order valence-corrected chi connectivity index (χ4v) is 2.04. The van der Waals surface area contributed by atoms with Crippen LogP contribution >= 0.6 is 0 Å². The monoisotopic (exact) mass is 293 g/mol. The van der Waals surface area contributed by atoms with Crippen molar-refractivity contribution in [3.8, 4) is 11.5 Å². The van der Waals surface area contributed by atoms with Gasteiger partial charge in [0, 0.05) is 6.54 Å². The third kappa shape index (κ3) is 5.53. The van der Waals surface area contributed by atoms with E-state index in [9.17, 15) is 0 Å². The highest BCUT2D eigenvalue weighted by atomic mass is 16.5. The average molecular weight is 293 g/mol. The minimum atomic E-state index is 0.483. The molecule has 0 unspecified atom stereocenters. The second kappa shape index (κ2) is 9.10. The van der Waals surface area contributed by atoms with E-state index >= 15 is 0 Å². The van der Waals surface area contributed by atoms with Crippen LogP contribution in [0.2, 0.25) is 0 Å². The van der Waals surface area contributed by atoms with E-state index in [4.69, 9.17) is 15.2 Å². The number of nitrogens with one attached hydrogen (secondary N) is 1. The molecule has 0 heterocycles. The summed E-state index contributed by atoms with van der Waals surface area (Å²) in [6, 6.07) is 5.74. The van der Waals surface area contributed by atoms with Gasteiger partial charge in [0.25, 0.3) is 0 Å². The first-order chi connectivity index (χ1) is 10.1. The van der Waals surface area contributed by atoms with Gasteiger partial charge in [0.15, 0.2) is 17.5 Å². The van der Waals surface area contributed by atoms with Crippen molar-refractivity contribution in [3.05, 3.63) is 23.8 Å². The summed E-state index contributed by atoms with van der Waals surface area (Å²) in [5, 5.41) is 3.18. The van der Waals surface area contributed by atoms with Gasteiger partial charge in [-0.25, -0.2) is 4.99 Å². The number of hydrogen-bond donors (Lipinski definition) is 2. The Morgan fingerprint density at radius 2 is 1.86 bits per heavy atom. The second-order valence-electron chi connectivity index (χ2n) is 4.95. The summed E-state index contributed by atoms with van der Waals surface area (Å²) < 4.78 is 10.5. The third-order valence-electron chi connectivity index (χ3n) is 3.61. The maximum absolute atomic E-state index is 5.89. The van der Waals surface area contributed by atoms with Gasteiger partial charge in [-0.15, -0.1) is 0 Å². The lowest BCUT2D eigenvalue weighted by molar-refractivity contribution is 0.354. The van der Waals surface area contributed by atoms with E-state index in [0.717, 1.165) is 24.9 Å². The molecule has 0 bridgehead atoms. The van der Waals surface area contributed by atoms with Crippen molar-refractivity contribution < 1.29 is 9.47 Å². The number of aliphatic imine (C=N–C) groups is 1. The Balaban J connectivity index is 2.58. The van der Waals surface area contributed by atoms with Crippen LogP contribution < -0.4 is 20.5 Å². The highest BCUT2D eigenvalue weighted by molar-refractivity contribution is 5.77. The molecule has 0 aliphatic heterocycles. The Morgan fingerprint density at radius 1 is 1.19 bits per heavy atom. The van der Waals surface area contributed by atoms with E-state index in [1.54, 1.807) is 14.2 Å². The Kier molecular flexibility index (Phi) is 7.43. The molecule has 0 saturated heterocycles. The first-order valence-corrected chi connectivity index (χ1v) is 7.39. The van der Waals surface area contributed by atoms with Crippen molar-refractivity contribution in [2.45, 2.75) is 33.2 Å². The van der Waals surface area contributed by atoms with Crippen molar-refractivity contribution in [1.29, 1.82) is 0 Å². The number of hydrogen-bond acceptors (Lipinski definition) is 3. The zero-order chi connectivity index (χ0) is 15.7. The average Bonchev–Trinajstić information content (AvgIpc) is 2.53. The van der Waals surface area contributed by atoms with Crippen LogP contribution in [-0.4, -0.2) is 26.7 Å². The lowest BCUT2D eigenvalue weighted by atomic mass is 10.0. The molecule has 3 N–H and O–H groups in total. The zero-order valence-corrected chi connectivity index (χ0v) is 13.5. The van der Waals surface area contributed by atoms with Gasteiger partial charge in [-0.2, -0.15) is 0 Å². The van der Waals surface area contributed by atoms with Gasteiger partial charge in [0.2, 0.25) is 0 Å². The van der Waals surface area contributed by atoms with Crippen molar-refractivity contribution in [2.24, 2.45) is 16.6 Å². The first kappa shape index (κ1) is 17.1. The van der Waals surface area contributed by atoms with E-state index in [1.807, 2.05) is 18.2 Å². The summed E-state index contributed by atoms with van der Waals surface area (Å²) in [7, 11) is 3.24. The fourth-order valence-electron chi connectivity index (χ4n) is 2.04. The van der Waals surface area contributed by atoms with Crippen LogP contribution in [0.5, 0.6) is 11.5 Å². The maximum Gasteiger partial charge on any atom is 0.188 e. The van der Waals surface area contributed by atoms with Gasteiger partial charge in [0.05, 0.1) is 20.8 Å². The molecule has 0 radical (unpaired) electrons. The molecule has 118 valence electrons. The molecule has 21 heavy (non-hydrogen) atoms. The number of ether oxygens (including phenoxy) is 2. The van der Waals surface area contributed by atoms with E-state index < -0.39 is 0 Å². The highest BCUT2D eigenvalue weighted by Crippen LogP contribution is 2.27. The molecule has 5 nitrogen and oxygen atoms in total. The molecule has 0 spiro atoms. The van der Waals surface area contributed by atoms with Crippen molar-refractivity contribution in [1.82, 2.24) is 5.32 Å². The first-order valence-electron chi connectivity index (χ1n) is 7.39. The van der Waals surface area contributed by atoms with Crippen LogP contribution in [-0.2, 0) is 6.54 Å². The smallest absolute Gasteiger partial charge is 0.188 e. The molecule has 1 aromatic rings. The quantitative estimate of drug-likeness (QED) is 0.571. The topological polar surface area (TPSA) is 68.9 Å². The molecule has 0 saturated carbocycles. The summed E-state index contributed by atoms with van der Waals surface area (Å²) in [5.74, 6) is 2.54. The summed E-state index contributed by atoms with van der Waals surface area (Å²) in [4.78, 5) is 4.35. The predicted octanol–water partition coefficient (Wildman–Crippen LogP) is 2.54.